The maximum Gasteiger partial charge on any atom is 0.119 e. The van der Waals surface area contributed by atoms with E-state index in [4.69, 9.17) is 10.5 Å². The van der Waals surface area contributed by atoms with Gasteiger partial charge in [-0.2, -0.15) is 0 Å². The maximum atomic E-state index is 6.55. The van der Waals surface area contributed by atoms with Crippen LogP contribution < -0.4 is 10.5 Å². The van der Waals surface area contributed by atoms with Crippen LogP contribution in [0.1, 0.15) is 51.6 Å². The minimum absolute atomic E-state index is 0.00640. The van der Waals surface area contributed by atoms with E-state index in [1.54, 1.807) is 0 Å². The van der Waals surface area contributed by atoms with Gasteiger partial charge in [-0.3, -0.25) is 4.90 Å². The second-order valence-corrected chi connectivity index (χ2v) is 6.18. The summed E-state index contributed by atoms with van der Waals surface area (Å²) in [5, 5.41) is 0. The molecule has 0 saturated carbocycles. The number of ether oxygens (including phenoxy) is 1. The van der Waals surface area contributed by atoms with Crippen molar-refractivity contribution < 1.29 is 4.74 Å². The molecule has 1 aliphatic rings. The second kappa shape index (κ2) is 6.59. The summed E-state index contributed by atoms with van der Waals surface area (Å²) in [5.74, 6) is 0.916. The molecule has 112 valence electrons. The largest absolute Gasteiger partial charge is 0.494 e. The van der Waals surface area contributed by atoms with E-state index in [1.165, 1.54) is 24.8 Å². The molecule has 3 nitrogen and oxygen atoms in total. The van der Waals surface area contributed by atoms with Crippen LogP contribution in [0.2, 0.25) is 0 Å². The quantitative estimate of drug-likeness (QED) is 0.896. The van der Waals surface area contributed by atoms with E-state index in [2.05, 4.69) is 30.9 Å². The molecule has 1 unspecified atom stereocenters. The molecule has 1 atom stereocenters. The van der Waals surface area contributed by atoms with Crippen molar-refractivity contribution in [3.8, 4) is 5.75 Å². The van der Waals surface area contributed by atoms with Gasteiger partial charge in [-0.15, -0.1) is 0 Å². The van der Waals surface area contributed by atoms with E-state index in [0.29, 0.717) is 6.61 Å². The first-order chi connectivity index (χ1) is 9.55. The van der Waals surface area contributed by atoms with Gasteiger partial charge in [-0.25, -0.2) is 0 Å². The monoisotopic (exact) mass is 276 g/mol. The Morgan fingerprint density at radius 3 is 2.30 bits per heavy atom. The number of hydrogen-bond donors (Lipinski definition) is 1. The van der Waals surface area contributed by atoms with Gasteiger partial charge in [0.2, 0.25) is 0 Å². The van der Waals surface area contributed by atoms with Crippen LogP contribution in [0.4, 0.5) is 0 Å². The Bertz CT molecular complexity index is 408. The Morgan fingerprint density at radius 1 is 1.15 bits per heavy atom. The van der Waals surface area contributed by atoms with Crippen molar-refractivity contribution in [2.75, 3.05) is 19.7 Å². The van der Waals surface area contributed by atoms with Gasteiger partial charge in [-0.1, -0.05) is 18.6 Å². The number of nitrogens with zero attached hydrogens (tertiary/aromatic N) is 1. The van der Waals surface area contributed by atoms with Crippen LogP contribution in [0, 0.1) is 0 Å². The molecule has 1 heterocycles. The van der Waals surface area contributed by atoms with Crippen molar-refractivity contribution in [1.82, 2.24) is 4.90 Å². The molecule has 1 aromatic rings. The van der Waals surface area contributed by atoms with Gasteiger partial charge >= 0.3 is 0 Å². The average Bonchev–Trinajstić information content (AvgIpc) is 2.48. The van der Waals surface area contributed by atoms with Gasteiger partial charge in [0.1, 0.15) is 5.75 Å². The first-order valence-electron chi connectivity index (χ1n) is 7.79. The summed E-state index contributed by atoms with van der Waals surface area (Å²) in [7, 11) is 0. The molecule has 2 N–H and O–H groups in total. The van der Waals surface area contributed by atoms with E-state index in [-0.39, 0.29) is 11.6 Å². The molecule has 1 saturated heterocycles. The zero-order valence-electron chi connectivity index (χ0n) is 13.1. The SMILES string of the molecule is CCOc1ccc(C(N)C(C)(C)N2CCCCC2)cc1. The van der Waals surface area contributed by atoms with E-state index in [9.17, 15) is 0 Å². The number of piperidine rings is 1. The van der Waals surface area contributed by atoms with Crippen LogP contribution in [-0.4, -0.2) is 30.1 Å². The molecule has 2 rings (SSSR count). The average molecular weight is 276 g/mol. The lowest BCUT2D eigenvalue weighted by molar-refractivity contribution is 0.0729. The molecular weight excluding hydrogens is 248 g/mol. The van der Waals surface area contributed by atoms with E-state index >= 15 is 0 Å². The summed E-state index contributed by atoms with van der Waals surface area (Å²) in [6, 6.07) is 8.26. The lowest BCUT2D eigenvalue weighted by atomic mass is 9.86. The highest BCUT2D eigenvalue weighted by Gasteiger charge is 2.34. The third-order valence-electron chi connectivity index (χ3n) is 4.48. The number of hydrogen-bond acceptors (Lipinski definition) is 3. The zero-order chi connectivity index (χ0) is 14.6. The van der Waals surface area contributed by atoms with Crippen LogP contribution >= 0.6 is 0 Å². The molecule has 1 aromatic carbocycles. The smallest absolute Gasteiger partial charge is 0.119 e. The standard InChI is InChI=1S/C17H28N2O/c1-4-20-15-10-8-14(9-11-15)16(18)17(2,3)19-12-6-5-7-13-19/h8-11,16H,4-7,12-13,18H2,1-3H3. The second-order valence-electron chi connectivity index (χ2n) is 6.18. The van der Waals surface area contributed by atoms with Gasteiger partial charge in [-0.05, 0) is 64.4 Å². The predicted octanol–water partition coefficient (Wildman–Crippen LogP) is 3.35. The van der Waals surface area contributed by atoms with Crippen molar-refractivity contribution in [1.29, 1.82) is 0 Å². The predicted molar refractivity (Wildman–Crippen MR) is 84.0 cm³/mol. The van der Waals surface area contributed by atoms with E-state index < -0.39 is 0 Å². The first-order valence-corrected chi connectivity index (χ1v) is 7.79. The molecule has 0 amide bonds. The highest BCUT2D eigenvalue weighted by molar-refractivity contribution is 5.30. The summed E-state index contributed by atoms with van der Waals surface area (Å²) in [6.07, 6.45) is 3.93. The summed E-state index contributed by atoms with van der Waals surface area (Å²) < 4.78 is 5.49. The Labute approximate surface area is 123 Å². The minimum Gasteiger partial charge on any atom is -0.494 e. The molecular formula is C17H28N2O. The molecule has 0 bridgehead atoms. The minimum atomic E-state index is -0.00640. The summed E-state index contributed by atoms with van der Waals surface area (Å²) in [6.45, 7) is 9.55. The van der Waals surface area contributed by atoms with Crippen LogP contribution in [0.3, 0.4) is 0 Å². The highest BCUT2D eigenvalue weighted by atomic mass is 16.5. The lowest BCUT2D eigenvalue weighted by Crippen LogP contribution is -2.53. The van der Waals surface area contributed by atoms with Crippen molar-refractivity contribution in [2.45, 2.75) is 51.6 Å². The van der Waals surface area contributed by atoms with E-state index in [1.807, 2.05) is 19.1 Å². The molecule has 3 heteroatoms. The van der Waals surface area contributed by atoms with Crippen LogP contribution in [0.25, 0.3) is 0 Å². The molecule has 1 aliphatic heterocycles. The van der Waals surface area contributed by atoms with Crippen molar-refractivity contribution in [3.05, 3.63) is 29.8 Å². The van der Waals surface area contributed by atoms with Gasteiger partial charge in [0.25, 0.3) is 0 Å². The number of likely N-dealkylation sites (tertiary alicyclic amines) is 1. The first kappa shape index (κ1) is 15.3. The molecule has 0 aliphatic carbocycles. The topological polar surface area (TPSA) is 38.5 Å². The van der Waals surface area contributed by atoms with Gasteiger partial charge in [0.15, 0.2) is 0 Å². The Morgan fingerprint density at radius 2 is 1.75 bits per heavy atom. The molecule has 0 aromatic heterocycles. The van der Waals surface area contributed by atoms with Crippen LogP contribution in [-0.2, 0) is 0 Å². The summed E-state index contributed by atoms with van der Waals surface area (Å²) in [5.41, 5.74) is 7.72. The molecule has 20 heavy (non-hydrogen) atoms. The Kier molecular flexibility index (Phi) is 5.06. The van der Waals surface area contributed by atoms with Gasteiger partial charge in [0.05, 0.1) is 6.61 Å². The van der Waals surface area contributed by atoms with Gasteiger partial charge in [0, 0.05) is 11.6 Å². The van der Waals surface area contributed by atoms with E-state index in [0.717, 1.165) is 18.8 Å². The van der Waals surface area contributed by atoms with Gasteiger partial charge < -0.3 is 10.5 Å². The van der Waals surface area contributed by atoms with Crippen LogP contribution in [0.5, 0.6) is 5.75 Å². The van der Waals surface area contributed by atoms with Crippen molar-refractivity contribution >= 4 is 0 Å². The third-order valence-corrected chi connectivity index (χ3v) is 4.48. The van der Waals surface area contributed by atoms with Crippen LogP contribution in [0.15, 0.2) is 24.3 Å². The molecule has 0 radical (unpaired) electrons. The fraction of sp³-hybridized carbons (Fsp3) is 0.647. The lowest BCUT2D eigenvalue weighted by Gasteiger charge is -2.44. The zero-order valence-corrected chi connectivity index (χ0v) is 13.1. The summed E-state index contributed by atoms with van der Waals surface area (Å²) in [4.78, 5) is 2.54. The van der Waals surface area contributed by atoms with Crippen molar-refractivity contribution in [2.24, 2.45) is 5.73 Å². The number of rotatable bonds is 5. The maximum absolute atomic E-state index is 6.55. The Balaban J connectivity index is 2.09. The fourth-order valence-corrected chi connectivity index (χ4v) is 3.01. The molecule has 1 fully saturated rings. The highest BCUT2D eigenvalue weighted by Crippen LogP contribution is 2.32. The van der Waals surface area contributed by atoms with Crippen molar-refractivity contribution in [3.63, 3.8) is 0 Å². The number of nitrogens with two attached hydrogens (primary N) is 1. The summed E-state index contributed by atoms with van der Waals surface area (Å²) >= 11 is 0. The number of benzene rings is 1. The normalized spacial score (nSPS) is 18.8. The Hall–Kier alpha value is -1.06. The third kappa shape index (κ3) is 3.33. The fourth-order valence-electron chi connectivity index (χ4n) is 3.01. The molecule has 0 spiro atoms.